The van der Waals surface area contributed by atoms with Gasteiger partial charge in [-0.15, -0.1) is 11.8 Å². The van der Waals surface area contributed by atoms with Gasteiger partial charge in [0.1, 0.15) is 5.25 Å². The average Bonchev–Trinajstić information content (AvgIpc) is 2.03. The van der Waals surface area contributed by atoms with Crippen molar-refractivity contribution in [2.24, 2.45) is 0 Å². The van der Waals surface area contributed by atoms with Gasteiger partial charge in [0.05, 0.1) is 0 Å². The summed E-state index contributed by atoms with van der Waals surface area (Å²) in [7, 11) is 0. The van der Waals surface area contributed by atoms with Crippen molar-refractivity contribution in [1.82, 2.24) is 4.90 Å². The van der Waals surface area contributed by atoms with Crippen LogP contribution in [-0.2, 0) is 4.79 Å². The van der Waals surface area contributed by atoms with Crippen LogP contribution in [0.25, 0.3) is 0 Å². The molecule has 0 aromatic carbocycles. The number of hydrogen-bond acceptors (Lipinski definition) is 3. The van der Waals surface area contributed by atoms with E-state index in [2.05, 4.69) is 25.7 Å². The molecule has 0 aromatic heterocycles. The predicted octanol–water partition coefficient (Wildman–Crippen LogP) is 1.29. The molecule has 0 saturated carbocycles. The van der Waals surface area contributed by atoms with E-state index >= 15 is 0 Å². The number of carbonyl (C=O) groups is 1. The molecule has 0 amide bonds. The zero-order valence-corrected chi connectivity index (χ0v) is 9.23. The fourth-order valence-electron chi connectivity index (χ4n) is 1.41. The smallest absolute Gasteiger partial charge is 0.317 e. The van der Waals surface area contributed by atoms with Crippen LogP contribution in [0.3, 0.4) is 0 Å². The molecule has 1 fully saturated rings. The number of carboxylic acid groups (broad SMARTS) is 1. The largest absolute Gasteiger partial charge is 0.480 e. The van der Waals surface area contributed by atoms with Gasteiger partial charge in [-0.1, -0.05) is 0 Å². The van der Waals surface area contributed by atoms with Crippen LogP contribution in [0.1, 0.15) is 20.8 Å². The second-order valence-electron chi connectivity index (χ2n) is 4.31. The number of rotatable bonds is 1. The summed E-state index contributed by atoms with van der Waals surface area (Å²) in [5.41, 5.74) is 0.0919. The van der Waals surface area contributed by atoms with Gasteiger partial charge in [-0.05, 0) is 20.8 Å². The van der Waals surface area contributed by atoms with Gasteiger partial charge in [0.25, 0.3) is 0 Å². The van der Waals surface area contributed by atoms with Crippen LogP contribution in [0.2, 0.25) is 0 Å². The Morgan fingerprint density at radius 3 is 2.62 bits per heavy atom. The van der Waals surface area contributed by atoms with Crippen molar-refractivity contribution in [3.05, 3.63) is 0 Å². The fourth-order valence-corrected chi connectivity index (χ4v) is 2.45. The van der Waals surface area contributed by atoms with Crippen LogP contribution in [-0.4, -0.2) is 45.6 Å². The molecule has 13 heavy (non-hydrogen) atoms. The van der Waals surface area contributed by atoms with Crippen molar-refractivity contribution in [1.29, 1.82) is 0 Å². The highest BCUT2D eigenvalue weighted by Crippen LogP contribution is 2.24. The summed E-state index contributed by atoms with van der Waals surface area (Å²) in [5.74, 6) is 0.243. The topological polar surface area (TPSA) is 40.5 Å². The van der Waals surface area contributed by atoms with Gasteiger partial charge < -0.3 is 5.11 Å². The van der Waals surface area contributed by atoms with Crippen LogP contribution in [0.4, 0.5) is 0 Å². The minimum atomic E-state index is -0.682. The lowest BCUT2D eigenvalue weighted by Gasteiger charge is -2.40. The lowest BCUT2D eigenvalue weighted by molar-refractivity contribution is -0.137. The number of aliphatic carboxylic acids is 1. The van der Waals surface area contributed by atoms with Crippen molar-refractivity contribution < 1.29 is 9.90 Å². The summed E-state index contributed by atoms with van der Waals surface area (Å²) < 4.78 is 0. The Morgan fingerprint density at radius 2 is 2.15 bits per heavy atom. The first-order chi connectivity index (χ1) is 5.91. The Kier molecular flexibility index (Phi) is 3.24. The fraction of sp³-hybridized carbons (Fsp3) is 0.889. The average molecular weight is 203 g/mol. The second-order valence-corrected chi connectivity index (χ2v) is 5.63. The van der Waals surface area contributed by atoms with E-state index < -0.39 is 5.97 Å². The van der Waals surface area contributed by atoms with E-state index in [4.69, 9.17) is 5.11 Å². The van der Waals surface area contributed by atoms with Gasteiger partial charge >= 0.3 is 5.97 Å². The molecule has 1 saturated heterocycles. The molecule has 3 nitrogen and oxygen atoms in total. The maximum atomic E-state index is 10.8. The highest BCUT2D eigenvalue weighted by Gasteiger charge is 2.31. The van der Waals surface area contributed by atoms with Crippen molar-refractivity contribution >= 4 is 17.7 Å². The normalized spacial score (nSPS) is 25.9. The molecule has 1 aliphatic heterocycles. The molecule has 1 aliphatic rings. The van der Waals surface area contributed by atoms with Crippen LogP contribution in [0.5, 0.6) is 0 Å². The third-order valence-electron chi connectivity index (χ3n) is 2.29. The minimum Gasteiger partial charge on any atom is -0.480 e. The zero-order valence-electron chi connectivity index (χ0n) is 8.41. The summed E-state index contributed by atoms with van der Waals surface area (Å²) >= 11 is 1.55. The van der Waals surface area contributed by atoms with E-state index in [-0.39, 0.29) is 10.8 Å². The molecule has 1 heterocycles. The monoisotopic (exact) mass is 203 g/mol. The first kappa shape index (κ1) is 10.9. The molecule has 1 atom stereocenters. The minimum absolute atomic E-state index is 0.0919. The van der Waals surface area contributed by atoms with Crippen LogP contribution >= 0.6 is 11.8 Å². The predicted molar refractivity (Wildman–Crippen MR) is 55.2 cm³/mol. The molecule has 0 radical (unpaired) electrons. The Hall–Kier alpha value is -0.220. The van der Waals surface area contributed by atoms with E-state index in [1.54, 1.807) is 11.8 Å². The second kappa shape index (κ2) is 3.88. The summed E-state index contributed by atoms with van der Waals surface area (Å²) in [6, 6.07) is 0. The number of hydrogen-bond donors (Lipinski definition) is 1. The molecule has 0 bridgehead atoms. The van der Waals surface area contributed by atoms with Crippen LogP contribution in [0.15, 0.2) is 0 Å². The van der Waals surface area contributed by atoms with Gasteiger partial charge in [-0.25, -0.2) is 0 Å². The first-order valence-electron chi connectivity index (χ1n) is 4.51. The van der Waals surface area contributed by atoms with Gasteiger partial charge in [-0.2, -0.15) is 0 Å². The molecule has 1 unspecified atom stereocenters. The van der Waals surface area contributed by atoms with Gasteiger partial charge in [0.2, 0.25) is 0 Å². The van der Waals surface area contributed by atoms with E-state index in [1.807, 2.05) is 0 Å². The molecule has 1 rings (SSSR count). The Morgan fingerprint density at radius 1 is 1.54 bits per heavy atom. The molecule has 0 spiro atoms. The molecular weight excluding hydrogens is 186 g/mol. The lowest BCUT2D eigenvalue weighted by atomic mass is 10.1. The number of carboxylic acids is 1. The summed E-state index contributed by atoms with van der Waals surface area (Å²) in [5, 5.41) is 8.63. The van der Waals surface area contributed by atoms with E-state index in [1.165, 1.54) is 0 Å². The van der Waals surface area contributed by atoms with Crippen molar-refractivity contribution in [2.45, 2.75) is 31.6 Å². The van der Waals surface area contributed by atoms with Gasteiger partial charge in [-0.3, -0.25) is 9.69 Å². The van der Waals surface area contributed by atoms with Crippen LogP contribution < -0.4 is 0 Å². The molecular formula is C9H17NO2S. The van der Waals surface area contributed by atoms with Crippen molar-refractivity contribution in [3.8, 4) is 0 Å². The maximum Gasteiger partial charge on any atom is 0.317 e. The molecule has 4 heteroatoms. The first-order valence-corrected chi connectivity index (χ1v) is 5.55. The van der Waals surface area contributed by atoms with Crippen molar-refractivity contribution in [3.63, 3.8) is 0 Å². The van der Waals surface area contributed by atoms with Crippen LogP contribution in [0, 0.1) is 0 Å². The maximum absolute atomic E-state index is 10.8. The van der Waals surface area contributed by atoms with Crippen molar-refractivity contribution in [2.75, 3.05) is 18.8 Å². The van der Waals surface area contributed by atoms with Gasteiger partial charge in [0.15, 0.2) is 0 Å². The zero-order chi connectivity index (χ0) is 10.1. The Balaban J connectivity index is 2.57. The Labute approximate surface area is 83.5 Å². The standard InChI is InChI=1S/C9H17NO2S/c1-9(2,3)10-4-5-13-7(6-10)8(11)12/h7H,4-6H2,1-3H3,(H,11,12). The summed E-state index contributed by atoms with van der Waals surface area (Å²) in [4.78, 5) is 13.0. The quantitative estimate of drug-likeness (QED) is 0.697. The molecule has 0 aliphatic carbocycles. The lowest BCUT2D eigenvalue weighted by Crippen LogP contribution is -2.50. The van der Waals surface area contributed by atoms with E-state index in [0.29, 0.717) is 6.54 Å². The summed E-state index contributed by atoms with van der Waals surface area (Å²) in [6.07, 6.45) is 0. The number of thioether (sulfide) groups is 1. The molecule has 1 N–H and O–H groups in total. The van der Waals surface area contributed by atoms with E-state index in [0.717, 1.165) is 12.3 Å². The highest BCUT2D eigenvalue weighted by atomic mass is 32.2. The SMILES string of the molecule is CC(C)(C)N1CCSC(C(=O)O)C1. The third-order valence-corrected chi connectivity index (χ3v) is 3.46. The molecule has 76 valence electrons. The number of nitrogens with zero attached hydrogens (tertiary/aromatic N) is 1. The van der Waals surface area contributed by atoms with E-state index in [9.17, 15) is 4.79 Å². The highest BCUT2D eigenvalue weighted by molar-refractivity contribution is 8.00. The van der Waals surface area contributed by atoms with Gasteiger partial charge in [0, 0.05) is 24.4 Å². The summed E-state index contributed by atoms with van der Waals surface area (Å²) in [6.45, 7) is 8.05. The third kappa shape index (κ3) is 2.88. The molecule has 0 aromatic rings. The Bertz CT molecular complexity index is 200.